The largest absolute Gasteiger partial charge is 0.444 e. The Morgan fingerprint density at radius 2 is 1.71 bits per heavy atom. The first-order chi connectivity index (χ1) is 16.5. The third kappa shape index (κ3) is 7.43. The number of benzene rings is 1. The molecule has 4 unspecified atom stereocenters. The van der Waals surface area contributed by atoms with Crippen LogP contribution in [0.25, 0.3) is 0 Å². The van der Waals surface area contributed by atoms with Crippen LogP contribution >= 0.6 is 0 Å². The molecular formula is C27H41N3O5. The lowest BCUT2D eigenvalue weighted by Crippen LogP contribution is -2.56. The molecule has 3 amide bonds. The van der Waals surface area contributed by atoms with Gasteiger partial charge in [0.2, 0.25) is 11.8 Å². The molecule has 0 heterocycles. The van der Waals surface area contributed by atoms with Crippen molar-refractivity contribution < 1.29 is 24.2 Å². The van der Waals surface area contributed by atoms with E-state index >= 15 is 0 Å². The number of amides is 3. The number of rotatable bonds is 8. The molecule has 8 heteroatoms. The number of carbonyl (C=O) groups excluding carboxylic acids is 3. The van der Waals surface area contributed by atoms with Crippen LogP contribution in [0.1, 0.15) is 83.4 Å². The van der Waals surface area contributed by atoms with Gasteiger partial charge in [-0.15, -0.1) is 0 Å². The van der Waals surface area contributed by atoms with Gasteiger partial charge in [-0.05, 0) is 58.4 Å². The van der Waals surface area contributed by atoms with Crippen molar-refractivity contribution in [3.8, 4) is 0 Å². The van der Waals surface area contributed by atoms with Crippen molar-refractivity contribution in [2.45, 2.75) is 103 Å². The Kier molecular flexibility index (Phi) is 8.80. The molecular weight excluding hydrogens is 446 g/mol. The highest BCUT2D eigenvalue weighted by atomic mass is 16.6. The lowest BCUT2D eigenvalue weighted by molar-refractivity contribution is -0.144. The van der Waals surface area contributed by atoms with Gasteiger partial charge < -0.3 is 25.4 Å². The fourth-order valence-electron chi connectivity index (χ4n) is 4.70. The van der Waals surface area contributed by atoms with Crippen LogP contribution in [-0.2, 0) is 14.3 Å². The number of aryl methyl sites for hydroxylation is 1. The number of nitrogens with zero attached hydrogens (tertiary/aromatic N) is 1. The molecule has 0 bridgehead atoms. The maximum atomic E-state index is 13.8. The Labute approximate surface area is 208 Å². The zero-order valence-electron chi connectivity index (χ0n) is 21.7. The minimum absolute atomic E-state index is 0.0892. The van der Waals surface area contributed by atoms with Crippen LogP contribution in [0.2, 0.25) is 0 Å². The third-order valence-corrected chi connectivity index (χ3v) is 6.72. The molecule has 0 spiro atoms. The van der Waals surface area contributed by atoms with Crippen LogP contribution in [0.3, 0.4) is 0 Å². The molecule has 2 aliphatic rings. The lowest BCUT2D eigenvalue weighted by atomic mass is 9.94. The van der Waals surface area contributed by atoms with Gasteiger partial charge in [0.1, 0.15) is 17.7 Å². The van der Waals surface area contributed by atoms with Crippen LogP contribution in [0.5, 0.6) is 0 Å². The number of carbonyl (C=O) groups is 3. The van der Waals surface area contributed by atoms with Crippen LogP contribution < -0.4 is 10.6 Å². The lowest BCUT2D eigenvalue weighted by Gasteiger charge is -2.36. The summed E-state index contributed by atoms with van der Waals surface area (Å²) in [7, 11) is 0. The van der Waals surface area contributed by atoms with Gasteiger partial charge in [0.05, 0.1) is 6.61 Å². The topological polar surface area (TPSA) is 108 Å². The summed E-state index contributed by atoms with van der Waals surface area (Å²) >= 11 is 0. The second kappa shape index (κ2) is 11.4. The summed E-state index contributed by atoms with van der Waals surface area (Å²) in [6, 6.07) is 5.48. The molecule has 2 fully saturated rings. The van der Waals surface area contributed by atoms with Crippen molar-refractivity contribution in [3.05, 3.63) is 35.4 Å². The van der Waals surface area contributed by atoms with Gasteiger partial charge in [-0.3, -0.25) is 9.59 Å². The molecule has 0 radical (unpaired) electrons. The van der Waals surface area contributed by atoms with Crippen LogP contribution in [0.15, 0.2) is 24.3 Å². The Bertz CT molecular complexity index is 889. The smallest absolute Gasteiger partial charge is 0.408 e. The fourth-order valence-corrected chi connectivity index (χ4v) is 4.70. The average Bonchev–Trinajstić information content (AvgIpc) is 3.51. The van der Waals surface area contributed by atoms with Gasteiger partial charge in [0.25, 0.3) is 0 Å². The number of hydrogen-bond acceptors (Lipinski definition) is 5. The number of alkyl carbamates (subject to hydrolysis) is 1. The Hall–Kier alpha value is -2.61. The molecule has 2 saturated carbocycles. The summed E-state index contributed by atoms with van der Waals surface area (Å²) < 4.78 is 5.29. The second-order valence-corrected chi connectivity index (χ2v) is 11.1. The van der Waals surface area contributed by atoms with E-state index in [1.165, 1.54) is 6.42 Å². The number of aliphatic hydroxyl groups excluding tert-OH is 1. The highest BCUT2D eigenvalue weighted by Crippen LogP contribution is 2.41. The zero-order chi connectivity index (χ0) is 25.8. The van der Waals surface area contributed by atoms with Crippen LogP contribution in [-0.4, -0.2) is 58.2 Å². The fraction of sp³-hybridized carbons (Fsp3) is 0.667. The maximum absolute atomic E-state index is 13.8. The van der Waals surface area contributed by atoms with E-state index in [2.05, 4.69) is 10.6 Å². The normalized spacial score (nSPS) is 22.0. The predicted octanol–water partition coefficient (Wildman–Crippen LogP) is 3.61. The molecule has 3 N–H and O–H groups in total. The number of hydrogen-bond donors (Lipinski definition) is 3. The zero-order valence-corrected chi connectivity index (χ0v) is 21.7. The summed E-state index contributed by atoms with van der Waals surface area (Å²) in [4.78, 5) is 41.5. The van der Waals surface area contributed by atoms with E-state index in [1.54, 1.807) is 25.7 Å². The summed E-state index contributed by atoms with van der Waals surface area (Å²) in [5.74, 6) is -0.491. The average molecular weight is 488 g/mol. The van der Waals surface area contributed by atoms with Gasteiger partial charge in [0.15, 0.2) is 0 Å². The number of nitrogens with one attached hydrogen (secondary N) is 2. The first-order valence-corrected chi connectivity index (χ1v) is 12.8. The Morgan fingerprint density at radius 1 is 1.11 bits per heavy atom. The van der Waals surface area contributed by atoms with E-state index in [0.29, 0.717) is 5.56 Å². The summed E-state index contributed by atoms with van der Waals surface area (Å²) in [5, 5.41) is 15.7. The Balaban J connectivity index is 1.90. The van der Waals surface area contributed by atoms with Crippen molar-refractivity contribution in [1.82, 2.24) is 15.5 Å². The summed E-state index contributed by atoms with van der Waals surface area (Å²) in [6.45, 7) is 8.59. The first-order valence-electron chi connectivity index (χ1n) is 12.8. The summed E-state index contributed by atoms with van der Waals surface area (Å²) in [5.41, 5.74) is 1.02. The van der Waals surface area contributed by atoms with E-state index in [4.69, 9.17) is 4.74 Å². The van der Waals surface area contributed by atoms with Crippen molar-refractivity contribution in [1.29, 1.82) is 0 Å². The van der Waals surface area contributed by atoms with E-state index in [0.717, 1.165) is 37.7 Å². The van der Waals surface area contributed by atoms with E-state index in [9.17, 15) is 19.5 Å². The van der Waals surface area contributed by atoms with Gasteiger partial charge in [-0.1, -0.05) is 56.0 Å². The molecule has 1 aromatic rings. The number of ether oxygens (including phenoxy) is 1. The highest BCUT2D eigenvalue weighted by Gasteiger charge is 2.48. The minimum Gasteiger partial charge on any atom is -0.444 e. The molecule has 8 nitrogen and oxygen atoms in total. The minimum atomic E-state index is -1.21. The van der Waals surface area contributed by atoms with Gasteiger partial charge in [0, 0.05) is 12.1 Å². The molecule has 0 aromatic heterocycles. The van der Waals surface area contributed by atoms with Gasteiger partial charge in [-0.25, -0.2) is 4.79 Å². The van der Waals surface area contributed by atoms with Crippen molar-refractivity contribution in [2.24, 2.45) is 5.92 Å². The molecule has 2 aliphatic carbocycles. The maximum Gasteiger partial charge on any atom is 0.408 e. The van der Waals surface area contributed by atoms with Crippen molar-refractivity contribution in [3.63, 3.8) is 0 Å². The molecule has 4 atom stereocenters. The van der Waals surface area contributed by atoms with Crippen LogP contribution in [0.4, 0.5) is 4.79 Å². The van der Waals surface area contributed by atoms with Gasteiger partial charge >= 0.3 is 6.09 Å². The van der Waals surface area contributed by atoms with E-state index < -0.39 is 36.3 Å². The Morgan fingerprint density at radius 3 is 2.23 bits per heavy atom. The molecule has 1 aromatic carbocycles. The molecule has 3 rings (SSSR count). The quantitative estimate of drug-likeness (QED) is 0.519. The standard InChI is InChI=1S/C27H41N3O5/c1-17-11-13-19(14-12-17)23(24(32)28-20-9-7-6-8-10-20)30(22-15-18(22)2)25(33)21(16-31)29-26(34)35-27(3,4)5/h11-14,18,20-23,31H,6-10,15-16H2,1-5H3,(H,28,32)(H,29,34). The second-order valence-electron chi connectivity index (χ2n) is 11.1. The number of aliphatic hydroxyl groups is 1. The van der Waals surface area contributed by atoms with Gasteiger partial charge in [-0.2, -0.15) is 0 Å². The third-order valence-electron chi connectivity index (χ3n) is 6.72. The molecule has 194 valence electrons. The van der Waals surface area contributed by atoms with E-state index in [-0.39, 0.29) is 23.9 Å². The molecule has 0 saturated heterocycles. The monoisotopic (exact) mass is 487 g/mol. The predicted molar refractivity (Wildman–Crippen MR) is 134 cm³/mol. The first kappa shape index (κ1) is 27.0. The van der Waals surface area contributed by atoms with E-state index in [1.807, 2.05) is 38.1 Å². The SMILES string of the molecule is Cc1ccc(C(C(=O)NC2CCCCC2)N(C(=O)C(CO)NC(=O)OC(C)(C)C)C2CC2C)cc1. The van der Waals surface area contributed by atoms with Crippen molar-refractivity contribution >= 4 is 17.9 Å². The highest BCUT2D eigenvalue weighted by molar-refractivity contribution is 5.92. The molecule has 0 aliphatic heterocycles. The van der Waals surface area contributed by atoms with Crippen LogP contribution in [0, 0.1) is 12.8 Å². The van der Waals surface area contributed by atoms with Crippen molar-refractivity contribution in [2.75, 3.05) is 6.61 Å². The summed E-state index contributed by atoms with van der Waals surface area (Å²) in [6.07, 6.45) is 5.16. The molecule has 35 heavy (non-hydrogen) atoms.